The number of amides is 1. The first-order valence-electron chi connectivity index (χ1n) is 44.1. The van der Waals surface area contributed by atoms with Gasteiger partial charge in [-0.25, -0.2) is 0 Å². The van der Waals surface area contributed by atoms with Gasteiger partial charge in [0.15, 0.2) is 0 Å². The summed E-state index contributed by atoms with van der Waals surface area (Å²) in [5.74, 6) is -0.0303. The molecule has 0 aromatic rings. The van der Waals surface area contributed by atoms with Crippen LogP contribution < -0.4 is 5.32 Å². The highest BCUT2D eigenvalue weighted by Gasteiger charge is 2.18. The maximum absolute atomic E-state index is 12.6. The van der Waals surface area contributed by atoms with E-state index in [1.54, 1.807) is 6.08 Å². The molecule has 0 aliphatic rings. The third-order valence-corrected chi connectivity index (χ3v) is 21.0. The van der Waals surface area contributed by atoms with Gasteiger partial charge in [0.1, 0.15) is 0 Å². The monoisotopic (exact) mass is 1340 g/mol. The average Bonchev–Trinajstić information content (AvgIpc) is 3.62. The van der Waals surface area contributed by atoms with Crippen LogP contribution in [0.5, 0.6) is 0 Å². The van der Waals surface area contributed by atoms with Gasteiger partial charge in [0.25, 0.3) is 0 Å². The van der Waals surface area contributed by atoms with E-state index in [2.05, 4.69) is 31.3 Å². The van der Waals surface area contributed by atoms with E-state index in [1.165, 1.54) is 443 Å². The fraction of sp³-hybridized carbons (Fsp3) is 0.933. The summed E-state index contributed by atoms with van der Waals surface area (Å²) in [5.41, 5.74) is 0. The molecule has 2 atom stereocenters. The Bertz CT molecular complexity index is 1500. The maximum atomic E-state index is 12.6. The normalized spacial score (nSPS) is 12.5. The van der Waals surface area contributed by atoms with E-state index in [0.29, 0.717) is 19.4 Å². The standard InChI is InChI=1S/C89H173NO5/c1-3-5-7-9-11-13-15-17-19-21-23-43-46-49-53-57-61-65-69-73-77-81-87(92)86(85-91)90-88(93)82-78-74-70-66-62-58-54-50-47-44-41-39-37-35-33-31-29-27-25-24-26-28-30-32-34-36-38-40-42-45-48-52-56-60-64-68-72-76-80-84-95-89(94)83-79-75-71-67-63-59-55-51-22-20-18-16-14-12-10-8-6-4-2/h24-25,77,81,86-87,91-92H,3-23,26-76,78-80,82-85H2,1-2H3,(H,90,93)/b25-24-,81-77+. The second-order valence-electron chi connectivity index (χ2n) is 30.6. The Hall–Kier alpha value is -1.66. The molecule has 3 N–H and O–H groups in total. The Morgan fingerprint density at radius 1 is 0.284 bits per heavy atom. The molecule has 0 spiro atoms. The molecule has 1 amide bonds. The lowest BCUT2D eigenvalue weighted by molar-refractivity contribution is -0.143. The van der Waals surface area contributed by atoms with Gasteiger partial charge in [-0.3, -0.25) is 9.59 Å². The number of carbonyl (C=O) groups is 2. The van der Waals surface area contributed by atoms with Gasteiger partial charge in [-0.15, -0.1) is 0 Å². The number of hydrogen-bond donors (Lipinski definition) is 3. The summed E-state index contributed by atoms with van der Waals surface area (Å²) in [6.07, 6.45) is 111. The lowest BCUT2D eigenvalue weighted by Gasteiger charge is -2.20. The zero-order chi connectivity index (χ0) is 68.4. The van der Waals surface area contributed by atoms with Crippen molar-refractivity contribution in [2.24, 2.45) is 0 Å². The lowest BCUT2D eigenvalue weighted by atomic mass is 10.0. The average molecular weight is 1340 g/mol. The van der Waals surface area contributed by atoms with Gasteiger partial charge in [0, 0.05) is 12.8 Å². The van der Waals surface area contributed by atoms with Gasteiger partial charge in [-0.1, -0.05) is 462 Å². The molecule has 0 fully saturated rings. The van der Waals surface area contributed by atoms with E-state index in [0.717, 1.165) is 38.5 Å². The van der Waals surface area contributed by atoms with Gasteiger partial charge >= 0.3 is 5.97 Å². The van der Waals surface area contributed by atoms with Crippen LogP contribution in [-0.2, 0) is 14.3 Å². The van der Waals surface area contributed by atoms with Gasteiger partial charge in [-0.05, 0) is 57.8 Å². The smallest absolute Gasteiger partial charge is 0.305 e. The van der Waals surface area contributed by atoms with E-state index in [-0.39, 0.29) is 18.5 Å². The van der Waals surface area contributed by atoms with Crippen LogP contribution in [0.25, 0.3) is 0 Å². The molecule has 0 aromatic carbocycles. The van der Waals surface area contributed by atoms with E-state index < -0.39 is 12.1 Å². The zero-order valence-corrected chi connectivity index (χ0v) is 64.9. The topological polar surface area (TPSA) is 95.9 Å². The van der Waals surface area contributed by atoms with Crippen LogP contribution in [0.4, 0.5) is 0 Å². The van der Waals surface area contributed by atoms with Crippen LogP contribution in [0.1, 0.15) is 508 Å². The zero-order valence-electron chi connectivity index (χ0n) is 64.9. The highest BCUT2D eigenvalue weighted by molar-refractivity contribution is 5.76. The molecule has 2 unspecified atom stereocenters. The second kappa shape index (κ2) is 84.8. The lowest BCUT2D eigenvalue weighted by Crippen LogP contribution is -2.45. The van der Waals surface area contributed by atoms with Crippen molar-refractivity contribution in [2.45, 2.75) is 520 Å². The van der Waals surface area contributed by atoms with Crippen molar-refractivity contribution < 1.29 is 24.5 Å². The van der Waals surface area contributed by atoms with Crippen LogP contribution in [-0.4, -0.2) is 47.4 Å². The van der Waals surface area contributed by atoms with E-state index in [4.69, 9.17) is 4.74 Å². The summed E-state index contributed by atoms with van der Waals surface area (Å²) in [7, 11) is 0. The molecule has 6 nitrogen and oxygen atoms in total. The van der Waals surface area contributed by atoms with Gasteiger partial charge in [0.2, 0.25) is 5.91 Å². The minimum absolute atomic E-state index is 0.0280. The van der Waals surface area contributed by atoms with Crippen molar-refractivity contribution in [3.8, 4) is 0 Å². The quantitative estimate of drug-likeness (QED) is 0.0320. The summed E-state index contributed by atoms with van der Waals surface area (Å²) in [4.78, 5) is 24.7. The predicted molar refractivity (Wildman–Crippen MR) is 421 cm³/mol. The first-order valence-corrected chi connectivity index (χ1v) is 44.1. The SMILES string of the molecule is CCCCCCCCCCCCCCCCCCCCC/C=C/C(O)C(CO)NC(=O)CCCCCCCCCCCCCCCCCCC/C=C\CCCCCCCCCCCCCCCCCCCCOC(=O)CCCCCCCCCCCCCCCCCCCC. The number of nitrogens with one attached hydrogen (secondary N) is 1. The molecule has 0 aromatic heterocycles. The van der Waals surface area contributed by atoms with Gasteiger partial charge in [0.05, 0.1) is 25.4 Å². The van der Waals surface area contributed by atoms with E-state index >= 15 is 0 Å². The maximum Gasteiger partial charge on any atom is 0.305 e. The minimum atomic E-state index is -0.842. The molecular formula is C89H173NO5. The second-order valence-corrected chi connectivity index (χ2v) is 30.6. The van der Waals surface area contributed by atoms with Crippen molar-refractivity contribution in [2.75, 3.05) is 13.2 Å². The number of hydrogen-bond acceptors (Lipinski definition) is 5. The molecule has 0 heterocycles. The van der Waals surface area contributed by atoms with Crippen molar-refractivity contribution in [1.29, 1.82) is 0 Å². The van der Waals surface area contributed by atoms with Crippen LogP contribution >= 0.6 is 0 Å². The molecule has 0 aliphatic heterocycles. The Labute approximate surface area is 596 Å². The fourth-order valence-electron chi connectivity index (χ4n) is 14.3. The Kier molecular flexibility index (Phi) is 83.3. The van der Waals surface area contributed by atoms with Crippen LogP contribution in [0.3, 0.4) is 0 Å². The van der Waals surface area contributed by atoms with Gasteiger partial charge in [-0.2, -0.15) is 0 Å². The first kappa shape index (κ1) is 93.3. The van der Waals surface area contributed by atoms with Crippen molar-refractivity contribution >= 4 is 11.9 Å². The first-order chi connectivity index (χ1) is 47.0. The summed E-state index contributed by atoms with van der Waals surface area (Å²) < 4.78 is 5.52. The highest BCUT2D eigenvalue weighted by Crippen LogP contribution is 2.21. The number of unbranched alkanes of at least 4 members (excludes halogenated alkanes) is 71. The van der Waals surface area contributed by atoms with Crippen molar-refractivity contribution in [3.63, 3.8) is 0 Å². The minimum Gasteiger partial charge on any atom is -0.466 e. The number of allylic oxidation sites excluding steroid dienone is 3. The summed E-state index contributed by atoms with van der Waals surface area (Å²) >= 11 is 0. The molecule has 0 saturated carbocycles. The number of aliphatic hydroxyl groups is 2. The van der Waals surface area contributed by atoms with Crippen LogP contribution in [0, 0.1) is 0 Å². The molecule has 0 rings (SSSR count). The van der Waals surface area contributed by atoms with E-state index in [9.17, 15) is 19.8 Å². The number of ether oxygens (including phenoxy) is 1. The molecule has 0 bridgehead atoms. The summed E-state index contributed by atoms with van der Waals surface area (Å²) in [6.45, 7) is 4.97. The number of carbonyl (C=O) groups excluding carboxylic acids is 2. The third-order valence-electron chi connectivity index (χ3n) is 21.0. The van der Waals surface area contributed by atoms with Crippen LogP contribution in [0.15, 0.2) is 24.3 Å². The Balaban J connectivity index is 3.33. The summed E-state index contributed by atoms with van der Waals surface area (Å²) in [5, 5.41) is 23.3. The number of aliphatic hydroxyl groups excluding tert-OH is 2. The Morgan fingerprint density at radius 2 is 0.495 bits per heavy atom. The molecule has 0 saturated heterocycles. The number of esters is 1. The number of rotatable bonds is 84. The largest absolute Gasteiger partial charge is 0.466 e. The molecule has 0 radical (unpaired) electrons. The highest BCUT2D eigenvalue weighted by atomic mass is 16.5. The molecule has 0 aliphatic carbocycles. The van der Waals surface area contributed by atoms with Crippen LogP contribution in [0.2, 0.25) is 0 Å². The predicted octanol–water partition coefficient (Wildman–Crippen LogP) is 29.6. The third kappa shape index (κ3) is 81.2. The fourth-order valence-corrected chi connectivity index (χ4v) is 14.3. The molecular weight excluding hydrogens is 1160 g/mol. The van der Waals surface area contributed by atoms with Crippen molar-refractivity contribution in [3.05, 3.63) is 24.3 Å². The summed E-state index contributed by atoms with van der Waals surface area (Å²) in [6, 6.07) is -0.625. The molecule has 564 valence electrons. The Morgan fingerprint density at radius 3 is 0.747 bits per heavy atom. The van der Waals surface area contributed by atoms with Crippen molar-refractivity contribution in [1.82, 2.24) is 5.32 Å². The van der Waals surface area contributed by atoms with Gasteiger partial charge < -0.3 is 20.3 Å². The van der Waals surface area contributed by atoms with E-state index in [1.807, 2.05) is 6.08 Å². The molecule has 95 heavy (non-hydrogen) atoms. The molecule has 6 heteroatoms.